The number of alkyl halides is 3. The van der Waals surface area contributed by atoms with Crippen LogP contribution in [0.1, 0.15) is 12.8 Å². The molecule has 0 radical (unpaired) electrons. The van der Waals surface area contributed by atoms with Crippen LogP contribution < -0.4 is 5.32 Å². The Morgan fingerprint density at radius 3 is 2.29 bits per heavy atom. The van der Waals surface area contributed by atoms with Crippen molar-refractivity contribution in [2.75, 3.05) is 5.32 Å². The van der Waals surface area contributed by atoms with Gasteiger partial charge in [-0.05, 0) is 25.0 Å². The number of rotatable bonds is 2. The van der Waals surface area contributed by atoms with Gasteiger partial charge in [-0.25, -0.2) is 0 Å². The van der Waals surface area contributed by atoms with Crippen molar-refractivity contribution in [3.05, 3.63) is 30.3 Å². The molecular weight excluding hydrogens is 231 g/mol. The first-order valence-electron chi connectivity index (χ1n) is 5.41. The predicted molar refractivity (Wildman–Crippen MR) is 57.3 cm³/mol. The van der Waals surface area contributed by atoms with E-state index < -0.39 is 23.9 Å². The zero-order valence-corrected chi connectivity index (χ0v) is 9.00. The standard InChI is InChI=1S/C12H12F3NO/c13-12(14,15)10-7-6-9(10)11(17)16-8-4-2-1-3-5-8/h1-5,9-10H,6-7H2,(H,16,17)/t9-,10-/m1/s1. The van der Waals surface area contributed by atoms with Crippen molar-refractivity contribution in [2.24, 2.45) is 11.8 Å². The molecule has 0 unspecified atom stereocenters. The van der Waals surface area contributed by atoms with Gasteiger partial charge >= 0.3 is 6.18 Å². The van der Waals surface area contributed by atoms with Crippen LogP contribution in [0.3, 0.4) is 0 Å². The zero-order chi connectivity index (χ0) is 12.5. The maximum absolute atomic E-state index is 12.5. The number of nitrogens with one attached hydrogen (secondary N) is 1. The smallest absolute Gasteiger partial charge is 0.326 e. The van der Waals surface area contributed by atoms with Gasteiger partial charge in [0.25, 0.3) is 0 Å². The van der Waals surface area contributed by atoms with E-state index in [0.717, 1.165) is 0 Å². The second-order valence-corrected chi connectivity index (χ2v) is 4.19. The van der Waals surface area contributed by atoms with Gasteiger partial charge in [0.05, 0.1) is 5.92 Å². The topological polar surface area (TPSA) is 29.1 Å². The Morgan fingerprint density at radius 2 is 1.82 bits per heavy atom. The average molecular weight is 243 g/mol. The molecule has 0 aliphatic heterocycles. The normalized spacial score (nSPS) is 23.9. The number of halogens is 3. The second-order valence-electron chi connectivity index (χ2n) is 4.19. The molecule has 1 amide bonds. The maximum atomic E-state index is 12.5. The highest BCUT2D eigenvalue weighted by molar-refractivity contribution is 5.93. The number of carbonyl (C=O) groups is 1. The highest BCUT2D eigenvalue weighted by atomic mass is 19.4. The summed E-state index contributed by atoms with van der Waals surface area (Å²) in [6.07, 6.45) is -3.91. The molecule has 1 N–H and O–H groups in total. The highest BCUT2D eigenvalue weighted by Crippen LogP contribution is 2.45. The fraction of sp³-hybridized carbons (Fsp3) is 0.417. The minimum atomic E-state index is -4.27. The molecule has 1 fully saturated rings. The van der Waals surface area contributed by atoms with E-state index in [1.54, 1.807) is 30.3 Å². The Morgan fingerprint density at radius 1 is 1.18 bits per heavy atom. The molecule has 1 aromatic rings. The first-order valence-corrected chi connectivity index (χ1v) is 5.41. The first-order chi connectivity index (χ1) is 7.98. The molecule has 0 heterocycles. The molecule has 2 nitrogen and oxygen atoms in total. The molecule has 1 aliphatic rings. The van der Waals surface area contributed by atoms with Gasteiger partial charge in [0.1, 0.15) is 0 Å². The molecule has 17 heavy (non-hydrogen) atoms. The van der Waals surface area contributed by atoms with Crippen LogP contribution in [0.25, 0.3) is 0 Å². The van der Waals surface area contributed by atoms with Crippen molar-refractivity contribution in [3.63, 3.8) is 0 Å². The summed E-state index contributed by atoms with van der Waals surface area (Å²) < 4.78 is 37.4. The fourth-order valence-corrected chi connectivity index (χ4v) is 1.96. The SMILES string of the molecule is O=C(Nc1ccccc1)[C@@H]1CC[C@H]1C(F)(F)F. The van der Waals surface area contributed by atoms with E-state index in [9.17, 15) is 18.0 Å². The minimum absolute atomic E-state index is 0.0520. The highest BCUT2D eigenvalue weighted by Gasteiger charge is 2.52. The van der Waals surface area contributed by atoms with Gasteiger partial charge in [0.2, 0.25) is 5.91 Å². The van der Waals surface area contributed by atoms with E-state index in [0.29, 0.717) is 12.1 Å². The molecular formula is C12H12F3NO. The molecule has 0 saturated heterocycles. The second kappa shape index (κ2) is 4.39. The summed E-state index contributed by atoms with van der Waals surface area (Å²) in [5.74, 6) is -2.95. The van der Waals surface area contributed by atoms with Crippen molar-refractivity contribution < 1.29 is 18.0 Å². The van der Waals surface area contributed by atoms with Crippen LogP contribution in [0.2, 0.25) is 0 Å². The number of benzene rings is 1. The van der Waals surface area contributed by atoms with Crippen molar-refractivity contribution in [1.82, 2.24) is 0 Å². The van der Waals surface area contributed by atoms with Crippen LogP contribution in [0.5, 0.6) is 0 Å². The number of hydrogen-bond donors (Lipinski definition) is 1. The van der Waals surface area contributed by atoms with E-state index in [1.165, 1.54) is 0 Å². The van der Waals surface area contributed by atoms with Crippen LogP contribution in [0, 0.1) is 11.8 Å². The number of hydrogen-bond acceptors (Lipinski definition) is 1. The first kappa shape index (κ1) is 12.0. The lowest BCUT2D eigenvalue weighted by atomic mass is 9.72. The fourth-order valence-electron chi connectivity index (χ4n) is 1.96. The monoisotopic (exact) mass is 243 g/mol. The summed E-state index contributed by atoms with van der Waals surface area (Å²) in [5, 5.41) is 2.51. The predicted octanol–water partition coefficient (Wildman–Crippen LogP) is 3.21. The van der Waals surface area contributed by atoms with E-state index >= 15 is 0 Å². The molecule has 0 spiro atoms. The Balaban J connectivity index is 1.98. The van der Waals surface area contributed by atoms with Crippen LogP contribution >= 0.6 is 0 Å². The third-order valence-electron chi connectivity index (χ3n) is 3.07. The summed E-state index contributed by atoms with van der Waals surface area (Å²) in [4.78, 5) is 11.6. The van der Waals surface area contributed by atoms with Crippen LogP contribution in [0.4, 0.5) is 18.9 Å². The molecule has 2 rings (SSSR count). The molecule has 2 atom stereocenters. The zero-order valence-electron chi connectivity index (χ0n) is 9.00. The van der Waals surface area contributed by atoms with E-state index in [2.05, 4.69) is 5.32 Å². The number of carbonyl (C=O) groups excluding carboxylic acids is 1. The van der Waals surface area contributed by atoms with Crippen molar-refractivity contribution in [2.45, 2.75) is 19.0 Å². The molecule has 0 bridgehead atoms. The molecule has 1 aromatic carbocycles. The van der Waals surface area contributed by atoms with Crippen LogP contribution in [-0.4, -0.2) is 12.1 Å². The Bertz CT molecular complexity index is 402. The van der Waals surface area contributed by atoms with Gasteiger partial charge in [-0.2, -0.15) is 13.2 Å². The van der Waals surface area contributed by atoms with Crippen LogP contribution in [0.15, 0.2) is 30.3 Å². The van der Waals surface area contributed by atoms with E-state index in [-0.39, 0.29) is 6.42 Å². The molecule has 0 aromatic heterocycles. The Hall–Kier alpha value is -1.52. The van der Waals surface area contributed by atoms with Gasteiger partial charge in [0.15, 0.2) is 0 Å². The van der Waals surface area contributed by atoms with Crippen molar-refractivity contribution >= 4 is 11.6 Å². The molecule has 1 aliphatic carbocycles. The van der Waals surface area contributed by atoms with Gasteiger partial charge in [-0.3, -0.25) is 4.79 Å². The maximum Gasteiger partial charge on any atom is 0.392 e. The van der Waals surface area contributed by atoms with Gasteiger partial charge in [-0.15, -0.1) is 0 Å². The number of anilines is 1. The largest absolute Gasteiger partial charge is 0.392 e. The summed E-state index contributed by atoms with van der Waals surface area (Å²) >= 11 is 0. The lowest BCUT2D eigenvalue weighted by Crippen LogP contribution is -2.44. The van der Waals surface area contributed by atoms with Gasteiger partial charge < -0.3 is 5.32 Å². The Labute approximate surface area is 96.8 Å². The number of para-hydroxylation sites is 1. The molecule has 92 valence electrons. The van der Waals surface area contributed by atoms with E-state index in [1.807, 2.05) is 0 Å². The summed E-state index contributed by atoms with van der Waals surface area (Å²) in [5.41, 5.74) is 0.533. The van der Waals surface area contributed by atoms with Gasteiger partial charge in [-0.1, -0.05) is 18.2 Å². The van der Waals surface area contributed by atoms with Crippen molar-refractivity contribution in [3.8, 4) is 0 Å². The van der Waals surface area contributed by atoms with Crippen LogP contribution in [-0.2, 0) is 4.79 Å². The molecule has 1 saturated carbocycles. The van der Waals surface area contributed by atoms with Crippen molar-refractivity contribution in [1.29, 1.82) is 0 Å². The third-order valence-corrected chi connectivity index (χ3v) is 3.07. The van der Waals surface area contributed by atoms with Gasteiger partial charge in [0, 0.05) is 11.6 Å². The third kappa shape index (κ3) is 2.60. The Kier molecular flexibility index (Phi) is 3.09. The number of amides is 1. The lowest BCUT2D eigenvalue weighted by molar-refractivity contribution is -0.212. The lowest BCUT2D eigenvalue weighted by Gasteiger charge is -2.36. The summed E-state index contributed by atoms with van der Waals surface area (Å²) in [7, 11) is 0. The van der Waals surface area contributed by atoms with E-state index in [4.69, 9.17) is 0 Å². The summed E-state index contributed by atoms with van der Waals surface area (Å²) in [6, 6.07) is 8.52. The minimum Gasteiger partial charge on any atom is -0.326 e. The molecule has 5 heteroatoms. The average Bonchev–Trinajstić information content (AvgIpc) is 2.14. The summed E-state index contributed by atoms with van der Waals surface area (Å²) in [6.45, 7) is 0. The quantitative estimate of drug-likeness (QED) is 0.849.